The van der Waals surface area contributed by atoms with Crippen LogP contribution >= 0.6 is 0 Å². The SMILES string of the molecule is CC(O)C[N+](C)(C)CCCN1C(=O)CCC1=O. The third-order valence-corrected chi connectivity index (χ3v) is 3.06. The Labute approximate surface area is 103 Å². The van der Waals surface area contributed by atoms with E-state index in [0.717, 1.165) is 13.0 Å². The van der Waals surface area contributed by atoms with E-state index < -0.39 is 0 Å². The van der Waals surface area contributed by atoms with E-state index in [2.05, 4.69) is 0 Å². The van der Waals surface area contributed by atoms with Crippen LogP contribution in [0.4, 0.5) is 0 Å². The smallest absolute Gasteiger partial charge is 0.229 e. The topological polar surface area (TPSA) is 57.6 Å². The number of rotatable bonds is 6. The summed E-state index contributed by atoms with van der Waals surface area (Å²) in [7, 11) is 4.08. The van der Waals surface area contributed by atoms with Crippen molar-refractivity contribution in [3.63, 3.8) is 0 Å². The summed E-state index contributed by atoms with van der Waals surface area (Å²) in [6, 6.07) is 0. The highest BCUT2D eigenvalue weighted by Crippen LogP contribution is 2.12. The first kappa shape index (κ1) is 14.1. The van der Waals surface area contributed by atoms with Gasteiger partial charge in [0.1, 0.15) is 12.6 Å². The van der Waals surface area contributed by atoms with Gasteiger partial charge < -0.3 is 9.59 Å². The fraction of sp³-hybridized carbons (Fsp3) is 0.833. The average Bonchev–Trinajstić information content (AvgIpc) is 2.46. The highest BCUT2D eigenvalue weighted by Gasteiger charge is 2.29. The van der Waals surface area contributed by atoms with E-state index in [4.69, 9.17) is 0 Å². The first-order valence-electron chi connectivity index (χ1n) is 6.15. The lowest BCUT2D eigenvalue weighted by atomic mass is 10.3. The fourth-order valence-corrected chi connectivity index (χ4v) is 2.34. The Kier molecular flexibility index (Phi) is 4.65. The molecule has 0 aromatic heterocycles. The molecule has 1 N–H and O–H groups in total. The molecule has 1 aliphatic heterocycles. The lowest BCUT2D eigenvalue weighted by Gasteiger charge is -2.31. The maximum Gasteiger partial charge on any atom is 0.229 e. The van der Waals surface area contributed by atoms with Gasteiger partial charge >= 0.3 is 0 Å². The van der Waals surface area contributed by atoms with Gasteiger partial charge in [-0.15, -0.1) is 0 Å². The third-order valence-electron chi connectivity index (χ3n) is 3.06. The van der Waals surface area contributed by atoms with E-state index in [1.165, 1.54) is 4.90 Å². The average molecular weight is 243 g/mol. The van der Waals surface area contributed by atoms with Crippen molar-refractivity contribution in [2.75, 3.05) is 33.7 Å². The number of nitrogens with zero attached hydrogens (tertiary/aromatic N) is 2. The summed E-state index contributed by atoms with van der Waals surface area (Å²) in [6.45, 7) is 3.82. The number of likely N-dealkylation sites (tertiary alicyclic amines) is 1. The largest absolute Gasteiger partial charge is 0.388 e. The predicted molar refractivity (Wildman–Crippen MR) is 64.1 cm³/mol. The molecular weight excluding hydrogens is 220 g/mol. The van der Waals surface area contributed by atoms with E-state index in [1.807, 2.05) is 14.1 Å². The highest BCUT2D eigenvalue weighted by molar-refractivity contribution is 6.01. The van der Waals surface area contributed by atoms with Crippen molar-refractivity contribution >= 4 is 11.8 Å². The van der Waals surface area contributed by atoms with E-state index in [9.17, 15) is 14.7 Å². The second-order valence-electron chi connectivity index (χ2n) is 5.48. The minimum atomic E-state index is -0.333. The van der Waals surface area contributed by atoms with Gasteiger partial charge in [0.25, 0.3) is 0 Å². The van der Waals surface area contributed by atoms with E-state index in [0.29, 0.717) is 30.4 Å². The lowest BCUT2D eigenvalue weighted by Crippen LogP contribution is -2.46. The summed E-state index contributed by atoms with van der Waals surface area (Å²) < 4.78 is 0.702. The Morgan fingerprint density at radius 3 is 2.29 bits per heavy atom. The Balaban J connectivity index is 2.32. The van der Waals surface area contributed by atoms with Crippen molar-refractivity contribution in [1.82, 2.24) is 4.90 Å². The van der Waals surface area contributed by atoms with Gasteiger partial charge in [-0.05, 0) is 6.92 Å². The number of carbonyl (C=O) groups is 2. The molecular formula is C12H23N2O3+. The summed E-state index contributed by atoms with van der Waals surface area (Å²) >= 11 is 0. The monoisotopic (exact) mass is 243 g/mol. The number of hydrogen-bond acceptors (Lipinski definition) is 3. The molecule has 0 saturated carbocycles. The van der Waals surface area contributed by atoms with E-state index in [-0.39, 0.29) is 17.9 Å². The molecule has 5 nitrogen and oxygen atoms in total. The highest BCUT2D eigenvalue weighted by atomic mass is 16.3. The molecule has 1 unspecified atom stereocenters. The second kappa shape index (κ2) is 5.60. The van der Waals surface area contributed by atoms with E-state index >= 15 is 0 Å². The van der Waals surface area contributed by atoms with Crippen LogP contribution in [0, 0.1) is 0 Å². The van der Waals surface area contributed by atoms with Gasteiger partial charge in [-0.3, -0.25) is 14.5 Å². The number of imide groups is 1. The predicted octanol–water partition coefficient (Wildman–Crippen LogP) is -0.0173. The molecule has 0 bridgehead atoms. The van der Waals surface area contributed by atoms with Crippen molar-refractivity contribution in [2.24, 2.45) is 0 Å². The first-order chi connectivity index (χ1) is 7.82. The molecule has 98 valence electrons. The van der Waals surface area contributed by atoms with Crippen molar-refractivity contribution in [1.29, 1.82) is 0 Å². The molecule has 0 aromatic carbocycles. The van der Waals surface area contributed by atoms with Crippen LogP contribution < -0.4 is 0 Å². The van der Waals surface area contributed by atoms with Gasteiger partial charge in [0.2, 0.25) is 11.8 Å². The molecule has 0 spiro atoms. The quantitative estimate of drug-likeness (QED) is 0.527. The molecule has 2 amide bonds. The summed E-state index contributed by atoms with van der Waals surface area (Å²) in [5, 5.41) is 9.35. The molecule has 0 radical (unpaired) electrons. The van der Waals surface area contributed by atoms with Gasteiger partial charge in [-0.1, -0.05) is 0 Å². The number of quaternary nitrogens is 1. The van der Waals surface area contributed by atoms with Gasteiger partial charge in [0, 0.05) is 25.8 Å². The maximum absolute atomic E-state index is 11.4. The van der Waals surface area contributed by atoms with Gasteiger partial charge in [0.15, 0.2) is 0 Å². The number of carbonyl (C=O) groups excluding carboxylic acids is 2. The number of likely N-dealkylation sites (N-methyl/N-ethyl adjacent to an activating group) is 1. The van der Waals surface area contributed by atoms with Crippen LogP contribution in [0.2, 0.25) is 0 Å². The summed E-state index contributed by atoms with van der Waals surface area (Å²) in [6.07, 6.45) is 1.19. The number of amides is 2. The third kappa shape index (κ3) is 4.44. The Morgan fingerprint density at radius 2 is 1.82 bits per heavy atom. The minimum Gasteiger partial charge on any atom is -0.388 e. The zero-order valence-corrected chi connectivity index (χ0v) is 11.0. The summed E-state index contributed by atoms with van der Waals surface area (Å²) in [4.78, 5) is 24.1. The molecule has 1 atom stereocenters. The van der Waals surface area contributed by atoms with Crippen LogP contribution in [0.25, 0.3) is 0 Å². The summed E-state index contributed by atoms with van der Waals surface area (Å²) in [5.41, 5.74) is 0. The van der Waals surface area contributed by atoms with Crippen molar-refractivity contribution < 1.29 is 19.2 Å². The normalized spacial score (nSPS) is 18.9. The molecule has 5 heteroatoms. The number of aliphatic hydroxyl groups excluding tert-OH is 1. The molecule has 17 heavy (non-hydrogen) atoms. The zero-order valence-electron chi connectivity index (χ0n) is 11.0. The summed E-state index contributed by atoms with van der Waals surface area (Å²) in [5.74, 6) is -0.0911. The van der Waals surface area contributed by atoms with Crippen LogP contribution in [0.5, 0.6) is 0 Å². The maximum atomic E-state index is 11.4. The molecule has 1 fully saturated rings. The molecule has 0 aromatic rings. The molecule has 1 heterocycles. The first-order valence-corrected chi connectivity index (χ1v) is 6.15. The van der Waals surface area contributed by atoms with Crippen molar-refractivity contribution in [3.05, 3.63) is 0 Å². The Bertz CT molecular complexity index is 284. The zero-order chi connectivity index (χ0) is 13.1. The van der Waals surface area contributed by atoms with Crippen molar-refractivity contribution in [2.45, 2.75) is 32.3 Å². The second-order valence-corrected chi connectivity index (χ2v) is 5.48. The van der Waals surface area contributed by atoms with Gasteiger partial charge in [-0.2, -0.15) is 0 Å². The lowest BCUT2D eigenvalue weighted by molar-refractivity contribution is -0.893. The van der Waals surface area contributed by atoms with Crippen LogP contribution in [0.15, 0.2) is 0 Å². The molecule has 1 rings (SSSR count). The minimum absolute atomic E-state index is 0.0455. The number of hydrogen-bond donors (Lipinski definition) is 1. The number of aliphatic hydroxyl groups is 1. The standard InChI is InChI=1S/C12H23N2O3/c1-10(15)9-14(2,3)8-4-7-13-11(16)5-6-12(13)17/h10,15H,4-9H2,1-3H3/q+1. The van der Waals surface area contributed by atoms with Crippen LogP contribution in [0.3, 0.4) is 0 Å². The Morgan fingerprint density at radius 1 is 1.29 bits per heavy atom. The molecule has 1 aliphatic rings. The van der Waals surface area contributed by atoms with Gasteiger partial charge in [0.05, 0.1) is 20.6 Å². The molecule has 0 aliphatic carbocycles. The van der Waals surface area contributed by atoms with Crippen LogP contribution in [-0.2, 0) is 9.59 Å². The Hall–Kier alpha value is -0.940. The van der Waals surface area contributed by atoms with Crippen LogP contribution in [-0.4, -0.2) is 66.1 Å². The van der Waals surface area contributed by atoms with Gasteiger partial charge in [-0.25, -0.2) is 0 Å². The van der Waals surface area contributed by atoms with Crippen molar-refractivity contribution in [3.8, 4) is 0 Å². The molecule has 1 saturated heterocycles. The fourth-order valence-electron chi connectivity index (χ4n) is 2.34. The van der Waals surface area contributed by atoms with Crippen LogP contribution in [0.1, 0.15) is 26.2 Å². The van der Waals surface area contributed by atoms with E-state index in [1.54, 1.807) is 6.92 Å².